The summed E-state index contributed by atoms with van der Waals surface area (Å²) in [5.41, 5.74) is 1.82. The lowest BCUT2D eigenvalue weighted by atomic mass is 9.92. The molecule has 0 bridgehead atoms. The van der Waals surface area contributed by atoms with Crippen LogP contribution in [0.4, 0.5) is 0 Å². The molecule has 0 radical (unpaired) electrons. The van der Waals surface area contributed by atoms with Crippen molar-refractivity contribution in [1.29, 1.82) is 0 Å². The van der Waals surface area contributed by atoms with Gasteiger partial charge in [-0.2, -0.15) is 0 Å². The van der Waals surface area contributed by atoms with Crippen LogP contribution in [-0.4, -0.2) is 40.2 Å². The predicted molar refractivity (Wildman–Crippen MR) is 115 cm³/mol. The average Bonchev–Trinajstić information content (AvgIpc) is 3.25. The maximum atomic E-state index is 13.6. The van der Waals surface area contributed by atoms with Gasteiger partial charge in [0.1, 0.15) is 11.3 Å². The Hall–Kier alpha value is -2.60. The maximum absolute atomic E-state index is 13.6. The molecule has 1 aromatic carbocycles. The third-order valence-corrected chi connectivity index (χ3v) is 6.59. The maximum Gasteiger partial charge on any atom is 0.263 e. The van der Waals surface area contributed by atoms with Gasteiger partial charge in [-0.25, -0.2) is 0 Å². The summed E-state index contributed by atoms with van der Waals surface area (Å²) in [5.74, 6) is 0.581. The lowest BCUT2D eigenvalue weighted by Crippen LogP contribution is -2.38. The van der Waals surface area contributed by atoms with Crippen LogP contribution >= 0.6 is 0 Å². The van der Waals surface area contributed by atoms with Crippen LogP contribution in [0, 0.1) is 6.92 Å². The third-order valence-electron chi connectivity index (χ3n) is 6.59. The van der Waals surface area contributed by atoms with E-state index in [-0.39, 0.29) is 35.2 Å². The van der Waals surface area contributed by atoms with Gasteiger partial charge in [0.25, 0.3) is 11.5 Å². The van der Waals surface area contributed by atoms with Crippen molar-refractivity contribution < 1.29 is 14.6 Å². The molecular weight excluding hydrogens is 380 g/mol. The van der Waals surface area contributed by atoms with Gasteiger partial charge in [-0.15, -0.1) is 0 Å². The fourth-order valence-corrected chi connectivity index (χ4v) is 4.87. The molecule has 160 valence electrons. The highest BCUT2D eigenvalue weighted by Crippen LogP contribution is 2.35. The highest BCUT2D eigenvalue weighted by atomic mass is 16.5. The van der Waals surface area contributed by atoms with E-state index in [0.717, 1.165) is 37.0 Å². The number of aliphatic hydroxyl groups excluding tert-OH is 1. The zero-order valence-corrected chi connectivity index (χ0v) is 17.7. The predicted octanol–water partition coefficient (Wildman–Crippen LogP) is 3.62. The van der Waals surface area contributed by atoms with Gasteiger partial charge in [-0.05, 0) is 74.8 Å². The third kappa shape index (κ3) is 3.88. The van der Waals surface area contributed by atoms with Crippen molar-refractivity contribution >= 4 is 5.91 Å². The number of amides is 1. The first-order chi connectivity index (χ1) is 14.5. The van der Waals surface area contributed by atoms with Gasteiger partial charge in [0, 0.05) is 18.8 Å². The molecule has 2 heterocycles. The number of methoxy groups -OCH3 is 1. The molecule has 2 aromatic rings. The molecule has 6 nitrogen and oxygen atoms in total. The Kier molecular flexibility index (Phi) is 5.95. The summed E-state index contributed by atoms with van der Waals surface area (Å²) in [6.45, 7) is 2.48. The Morgan fingerprint density at radius 2 is 1.90 bits per heavy atom. The van der Waals surface area contributed by atoms with Crippen molar-refractivity contribution in [3.05, 3.63) is 63.6 Å². The van der Waals surface area contributed by atoms with E-state index >= 15 is 0 Å². The Morgan fingerprint density at radius 1 is 1.13 bits per heavy atom. The zero-order valence-electron chi connectivity index (χ0n) is 17.7. The fraction of sp³-hybridized carbons (Fsp3) is 0.500. The number of rotatable bonds is 4. The Morgan fingerprint density at radius 3 is 2.63 bits per heavy atom. The van der Waals surface area contributed by atoms with E-state index in [1.54, 1.807) is 17.9 Å². The molecule has 30 heavy (non-hydrogen) atoms. The van der Waals surface area contributed by atoms with E-state index in [0.29, 0.717) is 24.9 Å². The van der Waals surface area contributed by atoms with Crippen LogP contribution in [0.25, 0.3) is 0 Å². The van der Waals surface area contributed by atoms with Crippen LogP contribution in [0.15, 0.2) is 41.3 Å². The number of ether oxygens (including phenoxy) is 1. The fourth-order valence-electron chi connectivity index (χ4n) is 4.87. The smallest absolute Gasteiger partial charge is 0.263 e. The van der Waals surface area contributed by atoms with Crippen LogP contribution < -0.4 is 10.3 Å². The van der Waals surface area contributed by atoms with Crippen molar-refractivity contribution in [3.63, 3.8) is 0 Å². The molecule has 1 amide bonds. The van der Waals surface area contributed by atoms with Gasteiger partial charge < -0.3 is 19.3 Å². The van der Waals surface area contributed by atoms with Crippen LogP contribution in [0.1, 0.15) is 72.1 Å². The number of carbonyl (C=O) groups excluding carboxylic acids is 1. The molecule has 1 aliphatic heterocycles. The van der Waals surface area contributed by atoms with Crippen molar-refractivity contribution in [2.24, 2.45) is 0 Å². The molecule has 6 heteroatoms. The molecule has 1 N–H and O–H groups in total. The summed E-state index contributed by atoms with van der Waals surface area (Å²) in [6, 6.07) is 9.68. The summed E-state index contributed by atoms with van der Waals surface area (Å²) >= 11 is 0. The quantitative estimate of drug-likeness (QED) is 0.836. The highest BCUT2D eigenvalue weighted by molar-refractivity contribution is 5.95. The minimum atomic E-state index is -0.281. The molecule has 2 fully saturated rings. The second-order valence-corrected chi connectivity index (χ2v) is 8.48. The molecule has 1 saturated carbocycles. The average molecular weight is 411 g/mol. The van der Waals surface area contributed by atoms with Crippen LogP contribution in [0.5, 0.6) is 5.75 Å². The molecule has 2 aliphatic rings. The van der Waals surface area contributed by atoms with E-state index in [1.807, 2.05) is 42.2 Å². The van der Waals surface area contributed by atoms with Crippen molar-refractivity contribution in [1.82, 2.24) is 9.47 Å². The van der Waals surface area contributed by atoms with E-state index in [4.69, 9.17) is 4.74 Å². The highest BCUT2D eigenvalue weighted by Gasteiger charge is 2.33. The van der Waals surface area contributed by atoms with Crippen LogP contribution in [0.2, 0.25) is 0 Å². The van der Waals surface area contributed by atoms with Gasteiger partial charge in [0.2, 0.25) is 0 Å². The Labute approximate surface area is 177 Å². The number of benzene rings is 1. The van der Waals surface area contributed by atoms with E-state index in [9.17, 15) is 14.7 Å². The van der Waals surface area contributed by atoms with Gasteiger partial charge in [0.15, 0.2) is 0 Å². The number of nitrogens with zero attached hydrogens (tertiary/aromatic N) is 2. The van der Waals surface area contributed by atoms with Gasteiger partial charge in [0.05, 0.1) is 19.3 Å². The lowest BCUT2D eigenvalue weighted by Gasteiger charge is -2.29. The number of hydrogen-bond acceptors (Lipinski definition) is 4. The minimum absolute atomic E-state index is 0.0424. The number of aromatic nitrogens is 1. The van der Waals surface area contributed by atoms with E-state index < -0.39 is 0 Å². The van der Waals surface area contributed by atoms with Crippen LogP contribution in [0.3, 0.4) is 0 Å². The SMILES string of the molecule is COc1cccc(C2CCCN2C(=O)c2c(C)ccn(C3CCC(O)CC3)c2=O)c1. The molecule has 1 aromatic heterocycles. The lowest BCUT2D eigenvalue weighted by molar-refractivity contribution is 0.0730. The molecular formula is C24H30N2O4. The first-order valence-corrected chi connectivity index (χ1v) is 10.8. The second kappa shape index (κ2) is 8.64. The standard InChI is InChI=1S/C24H30N2O4/c1-16-12-14-25(18-8-10-19(27)11-9-18)23(28)22(16)24(29)26-13-4-7-21(26)17-5-3-6-20(15-17)30-2/h3,5-6,12,14-15,18-19,21,27H,4,7-11,13H2,1-2H3. The second-order valence-electron chi connectivity index (χ2n) is 8.48. The summed E-state index contributed by atoms with van der Waals surface area (Å²) in [6.07, 6.45) is 6.21. The van der Waals surface area contributed by atoms with Crippen molar-refractivity contribution in [3.8, 4) is 5.75 Å². The summed E-state index contributed by atoms with van der Waals surface area (Å²) in [7, 11) is 1.64. The number of aryl methyl sites for hydroxylation is 1. The minimum Gasteiger partial charge on any atom is -0.497 e. The topological polar surface area (TPSA) is 71.8 Å². The van der Waals surface area contributed by atoms with Crippen LogP contribution in [-0.2, 0) is 0 Å². The monoisotopic (exact) mass is 410 g/mol. The van der Waals surface area contributed by atoms with E-state index in [2.05, 4.69) is 0 Å². The zero-order chi connectivity index (χ0) is 21.3. The van der Waals surface area contributed by atoms with Crippen molar-refractivity contribution in [2.45, 2.75) is 63.6 Å². The number of hydrogen-bond donors (Lipinski definition) is 1. The summed E-state index contributed by atoms with van der Waals surface area (Å²) in [5, 5.41) is 9.79. The van der Waals surface area contributed by atoms with Gasteiger partial charge in [-0.3, -0.25) is 9.59 Å². The van der Waals surface area contributed by atoms with Crippen molar-refractivity contribution in [2.75, 3.05) is 13.7 Å². The summed E-state index contributed by atoms with van der Waals surface area (Å²) in [4.78, 5) is 28.7. The number of likely N-dealkylation sites (tertiary alicyclic amines) is 1. The molecule has 1 unspecified atom stereocenters. The molecule has 1 aliphatic carbocycles. The molecule has 0 spiro atoms. The summed E-state index contributed by atoms with van der Waals surface area (Å²) < 4.78 is 7.06. The molecule has 1 atom stereocenters. The Bertz CT molecular complexity index is 975. The first kappa shape index (κ1) is 20.7. The first-order valence-electron chi connectivity index (χ1n) is 10.8. The Balaban J connectivity index is 1.65. The van der Waals surface area contributed by atoms with Gasteiger partial charge in [-0.1, -0.05) is 12.1 Å². The molecule has 1 saturated heterocycles. The van der Waals surface area contributed by atoms with Gasteiger partial charge >= 0.3 is 0 Å². The number of pyridine rings is 1. The largest absolute Gasteiger partial charge is 0.497 e. The number of carbonyl (C=O) groups is 1. The number of aliphatic hydroxyl groups is 1. The van der Waals surface area contributed by atoms with E-state index in [1.165, 1.54) is 0 Å². The molecule has 4 rings (SSSR count). The normalized spacial score (nSPS) is 24.1.